The molecule has 0 aliphatic carbocycles. The van der Waals surface area contributed by atoms with Crippen LogP contribution < -0.4 is 5.56 Å². The molecule has 2 aliphatic heterocycles. The molecule has 2 atom stereocenters. The molecule has 7 nitrogen and oxygen atoms in total. The fourth-order valence-corrected chi connectivity index (χ4v) is 4.73. The van der Waals surface area contributed by atoms with Crippen LogP contribution >= 0.6 is 0 Å². The molecule has 3 aromatic rings. The van der Waals surface area contributed by atoms with Crippen molar-refractivity contribution in [3.8, 4) is 0 Å². The van der Waals surface area contributed by atoms with Crippen LogP contribution in [0, 0.1) is 11.7 Å². The van der Waals surface area contributed by atoms with Gasteiger partial charge in [0.2, 0.25) is 0 Å². The predicted molar refractivity (Wildman–Crippen MR) is 110 cm³/mol. The molecule has 0 amide bonds. The van der Waals surface area contributed by atoms with Crippen molar-refractivity contribution in [3.05, 3.63) is 63.8 Å². The van der Waals surface area contributed by atoms with Crippen molar-refractivity contribution in [2.24, 2.45) is 5.92 Å². The number of nitrogens with zero attached hydrogens (tertiary/aromatic N) is 4. The van der Waals surface area contributed by atoms with E-state index in [4.69, 9.17) is 9.84 Å². The molecule has 30 heavy (non-hydrogen) atoms. The van der Waals surface area contributed by atoms with Crippen LogP contribution in [-0.2, 0) is 11.3 Å². The highest BCUT2D eigenvalue weighted by Gasteiger charge is 2.33. The summed E-state index contributed by atoms with van der Waals surface area (Å²) in [5, 5.41) is 4.84. The highest BCUT2D eigenvalue weighted by atomic mass is 19.1. The lowest BCUT2D eigenvalue weighted by molar-refractivity contribution is 0.0832. The van der Waals surface area contributed by atoms with Crippen LogP contribution in [0.3, 0.4) is 0 Å². The van der Waals surface area contributed by atoms with Gasteiger partial charge < -0.3 is 9.72 Å². The van der Waals surface area contributed by atoms with Crippen LogP contribution in [0.15, 0.2) is 35.3 Å². The lowest BCUT2D eigenvalue weighted by atomic mass is 9.97. The van der Waals surface area contributed by atoms with E-state index in [0.717, 1.165) is 43.9 Å². The Bertz CT molecular complexity index is 1090. The number of benzene rings is 1. The summed E-state index contributed by atoms with van der Waals surface area (Å²) in [6.07, 6.45) is 3.42. The molecule has 0 radical (unpaired) electrons. The maximum atomic E-state index is 13.2. The summed E-state index contributed by atoms with van der Waals surface area (Å²) in [5.74, 6) is 2.09. The van der Waals surface area contributed by atoms with Crippen LogP contribution in [0.2, 0.25) is 0 Å². The van der Waals surface area contributed by atoms with Gasteiger partial charge in [-0.3, -0.25) is 9.69 Å². The number of aromatic nitrogens is 4. The Kier molecular flexibility index (Phi) is 5.12. The van der Waals surface area contributed by atoms with Crippen molar-refractivity contribution in [1.29, 1.82) is 0 Å². The molecule has 8 heteroatoms. The highest BCUT2D eigenvalue weighted by Crippen LogP contribution is 2.31. The van der Waals surface area contributed by atoms with Gasteiger partial charge in [0.25, 0.3) is 5.56 Å². The van der Waals surface area contributed by atoms with Crippen LogP contribution in [0.1, 0.15) is 48.8 Å². The first-order chi connectivity index (χ1) is 14.6. The van der Waals surface area contributed by atoms with Gasteiger partial charge in [-0.25, -0.2) is 13.9 Å². The summed E-state index contributed by atoms with van der Waals surface area (Å²) in [7, 11) is 0. The summed E-state index contributed by atoms with van der Waals surface area (Å²) in [6.45, 7) is 6.08. The minimum Gasteiger partial charge on any atom is -0.381 e. The molecule has 2 saturated heterocycles. The minimum absolute atomic E-state index is 0.132. The maximum absolute atomic E-state index is 13.2. The second-order valence-corrected chi connectivity index (χ2v) is 8.54. The summed E-state index contributed by atoms with van der Waals surface area (Å²) >= 11 is 0. The van der Waals surface area contributed by atoms with Crippen LogP contribution in [0.4, 0.5) is 4.39 Å². The molecule has 2 aliphatic rings. The number of nitrogens with one attached hydrogen (secondary N) is 1. The Labute approximate surface area is 173 Å². The Hall–Kier alpha value is -2.58. The zero-order chi connectivity index (χ0) is 20.7. The molecule has 1 N–H and O–H groups in total. The van der Waals surface area contributed by atoms with Gasteiger partial charge in [0, 0.05) is 44.7 Å². The molecule has 2 fully saturated rings. The molecule has 0 saturated carbocycles. The van der Waals surface area contributed by atoms with E-state index in [2.05, 4.69) is 21.8 Å². The second kappa shape index (κ2) is 7.92. The Balaban J connectivity index is 1.41. The second-order valence-electron chi connectivity index (χ2n) is 8.54. The van der Waals surface area contributed by atoms with E-state index in [9.17, 15) is 9.18 Å². The largest absolute Gasteiger partial charge is 0.381 e. The molecule has 1 aromatic carbocycles. The summed E-state index contributed by atoms with van der Waals surface area (Å²) in [6, 6.07) is 6.64. The zero-order valence-electron chi connectivity index (χ0n) is 17.1. The number of fused-ring (bicyclic) bond motifs is 1. The molecule has 4 heterocycles. The van der Waals surface area contributed by atoms with Crippen molar-refractivity contribution in [2.45, 2.75) is 38.1 Å². The third-order valence-electron chi connectivity index (χ3n) is 6.39. The van der Waals surface area contributed by atoms with E-state index in [0.29, 0.717) is 30.5 Å². The lowest BCUT2D eigenvalue weighted by Crippen LogP contribution is -2.24. The molecule has 5 rings (SSSR count). The van der Waals surface area contributed by atoms with Gasteiger partial charge in [-0.2, -0.15) is 5.10 Å². The summed E-state index contributed by atoms with van der Waals surface area (Å²) in [5.41, 5.74) is 1.43. The van der Waals surface area contributed by atoms with Gasteiger partial charge in [0.05, 0.1) is 6.20 Å². The van der Waals surface area contributed by atoms with Gasteiger partial charge in [-0.15, -0.1) is 0 Å². The number of hydrogen-bond donors (Lipinski definition) is 1. The quantitative estimate of drug-likeness (QED) is 0.715. The van der Waals surface area contributed by atoms with E-state index in [1.807, 2.05) is 12.1 Å². The normalized spacial score (nSPS) is 23.4. The van der Waals surface area contributed by atoms with Gasteiger partial charge in [0.1, 0.15) is 17.5 Å². The van der Waals surface area contributed by atoms with Crippen LogP contribution in [-0.4, -0.2) is 50.8 Å². The predicted octanol–water partition coefficient (Wildman–Crippen LogP) is 2.69. The number of H-pyrrole nitrogens is 1. The number of halogens is 1. The topological polar surface area (TPSA) is 75.5 Å². The molecular formula is C22H26FN5O2. The third-order valence-corrected chi connectivity index (χ3v) is 6.39. The fourth-order valence-electron chi connectivity index (χ4n) is 4.73. The van der Waals surface area contributed by atoms with E-state index in [-0.39, 0.29) is 23.2 Å². The summed E-state index contributed by atoms with van der Waals surface area (Å²) < 4.78 is 20.4. The third kappa shape index (κ3) is 3.65. The Morgan fingerprint density at radius 3 is 2.73 bits per heavy atom. The number of rotatable bonds is 4. The van der Waals surface area contributed by atoms with Crippen molar-refractivity contribution in [1.82, 2.24) is 24.5 Å². The smallest absolute Gasteiger partial charge is 0.276 e. The molecule has 0 bridgehead atoms. The van der Waals surface area contributed by atoms with Crippen molar-refractivity contribution in [2.75, 3.05) is 26.3 Å². The number of ether oxygens (including phenoxy) is 1. The standard InChI is InChI=1S/C22H26FN5O2/c1-14-11-27(12-15-2-4-17(23)5-3-15)13-18(14)20-25-22(29)19-10-24-21(28(19)26-20)16-6-8-30-9-7-16/h2-5,10,14,16,18H,6-9,11-13H2,1H3,(H,25,26,29)/t14-,18-/m0/s1. The van der Waals surface area contributed by atoms with Gasteiger partial charge in [-0.1, -0.05) is 19.1 Å². The Morgan fingerprint density at radius 1 is 1.20 bits per heavy atom. The molecular weight excluding hydrogens is 385 g/mol. The van der Waals surface area contributed by atoms with E-state index in [1.165, 1.54) is 12.1 Å². The first kappa shape index (κ1) is 19.4. The lowest BCUT2D eigenvalue weighted by Gasteiger charge is -2.21. The zero-order valence-corrected chi connectivity index (χ0v) is 17.1. The van der Waals surface area contributed by atoms with Crippen LogP contribution in [0.25, 0.3) is 5.52 Å². The van der Waals surface area contributed by atoms with E-state index < -0.39 is 0 Å². The van der Waals surface area contributed by atoms with Gasteiger partial charge in [-0.05, 0) is 36.5 Å². The number of likely N-dealkylation sites (tertiary alicyclic amines) is 1. The van der Waals surface area contributed by atoms with Crippen molar-refractivity contribution < 1.29 is 9.13 Å². The Morgan fingerprint density at radius 2 is 1.97 bits per heavy atom. The molecule has 0 unspecified atom stereocenters. The average Bonchev–Trinajstić information content (AvgIpc) is 3.34. The molecule has 2 aromatic heterocycles. The van der Waals surface area contributed by atoms with Crippen molar-refractivity contribution in [3.63, 3.8) is 0 Å². The fraction of sp³-hybridized carbons (Fsp3) is 0.500. The number of aromatic amines is 1. The van der Waals surface area contributed by atoms with E-state index >= 15 is 0 Å². The first-order valence-electron chi connectivity index (χ1n) is 10.6. The van der Waals surface area contributed by atoms with Gasteiger partial charge in [0.15, 0.2) is 5.52 Å². The molecule has 0 spiro atoms. The number of imidazole rings is 1. The summed E-state index contributed by atoms with van der Waals surface area (Å²) in [4.78, 5) is 22.6. The SMILES string of the molecule is C[C@H]1CN(Cc2ccc(F)cc2)C[C@@H]1c1nn2c(C3CCOCC3)ncc2c(=O)[nH]1. The van der Waals surface area contributed by atoms with Crippen molar-refractivity contribution >= 4 is 5.52 Å². The first-order valence-corrected chi connectivity index (χ1v) is 10.6. The molecule has 158 valence electrons. The average molecular weight is 411 g/mol. The minimum atomic E-state index is -0.220. The maximum Gasteiger partial charge on any atom is 0.276 e. The van der Waals surface area contributed by atoms with Crippen LogP contribution in [0.5, 0.6) is 0 Å². The number of hydrogen-bond acceptors (Lipinski definition) is 5. The highest BCUT2D eigenvalue weighted by molar-refractivity contribution is 5.42. The van der Waals surface area contributed by atoms with Gasteiger partial charge >= 0.3 is 0 Å². The van der Waals surface area contributed by atoms with E-state index in [1.54, 1.807) is 10.7 Å². The monoisotopic (exact) mass is 411 g/mol.